The van der Waals surface area contributed by atoms with Gasteiger partial charge in [0.1, 0.15) is 0 Å². The summed E-state index contributed by atoms with van der Waals surface area (Å²) >= 11 is 1.48. The van der Waals surface area contributed by atoms with Gasteiger partial charge in [0.2, 0.25) is 5.91 Å². The molecule has 4 rings (SSSR count). The summed E-state index contributed by atoms with van der Waals surface area (Å²) in [4.78, 5) is 36.7. The third-order valence-corrected chi connectivity index (χ3v) is 6.68. The van der Waals surface area contributed by atoms with Gasteiger partial charge < -0.3 is 15.0 Å². The van der Waals surface area contributed by atoms with Crippen molar-refractivity contribution in [2.75, 3.05) is 13.7 Å². The van der Waals surface area contributed by atoms with Gasteiger partial charge in [-0.15, -0.1) is 0 Å². The Morgan fingerprint density at radius 3 is 2.65 bits per heavy atom. The van der Waals surface area contributed by atoms with Crippen molar-refractivity contribution in [3.63, 3.8) is 0 Å². The molecule has 176 valence electrons. The normalized spacial score (nSPS) is 17.1. The van der Waals surface area contributed by atoms with Crippen LogP contribution in [0.15, 0.2) is 76.0 Å². The van der Waals surface area contributed by atoms with Gasteiger partial charge in [-0.05, 0) is 36.4 Å². The molecule has 0 aliphatic carbocycles. The van der Waals surface area contributed by atoms with E-state index in [1.165, 1.54) is 18.9 Å². The molecule has 0 radical (unpaired) electrons. The molecule has 1 amide bonds. The van der Waals surface area contributed by atoms with Crippen LogP contribution in [0.2, 0.25) is 0 Å². The summed E-state index contributed by atoms with van der Waals surface area (Å²) in [6.45, 7) is 4.51. The molecule has 0 unspecified atom stereocenters. The predicted molar refractivity (Wildman–Crippen MR) is 134 cm³/mol. The van der Waals surface area contributed by atoms with Crippen molar-refractivity contribution in [3.8, 4) is 0 Å². The highest BCUT2D eigenvalue weighted by Gasteiger charge is 2.41. The Kier molecular flexibility index (Phi) is 7.47. The molecule has 2 aromatic rings. The number of carbonyl (C=O) groups excluding carboxylic acids is 2. The van der Waals surface area contributed by atoms with Crippen LogP contribution in [0.3, 0.4) is 0 Å². The molecule has 0 saturated carbocycles. The smallest absolute Gasteiger partial charge is 0.338 e. The maximum atomic E-state index is 12.9. The largest absolute Gasteiger partial charge is 0.466 e. The molecule has 1 atom stereocenters. The Labute approximate surface area is 204 Å². The van der Waals surface area contributed by atoms with Gasteiger partial charge in [0.15, 0.2) is 5.17 Å². The molecule has 34 heavy (non-hydrogen) atoms. The number of ether oxygens (including phenoxy) is 1. The quantitative estimate of drug-likeness (QED) is 0.573. The SMILES string of the molecule is CCC1=C(C(=O)OC)[C@@H](c2ccc(C)cc2)N2C(CC(=O)NCCc3ccccn3)=CSC2=N1. The minimum Gasteiger partial charge on any atom is -0.466 e. The van der Waals surface area contributed by atoms with Crippen LogP contribution in [0.4, 0.5) is 0 Å². The highest BCUT2D eigenvalue weighted by molar-refractivity contribution is 8.16. The Balaban J connectivity index is 1.56. The van der Waals surface area contributed by atoms with Crippen LogP contribution in [-0.2, 0) is 20.7 Å². The van der Waals surface area contributed by atoms with Gasteiger partial charge in [-0.25, -0.2) is 9.79 Å². The van der Waals surface area contributed by atoms with E-state index < -0.39 is 12.0 Å². The zero-order valence-electron chi connectivity index (χ0n) is 19.6. The number of benzene rings is 1. The second kappa shape index (κ2) is 10.7. The van der Waals surface area contributed by atoms with Gasteiger partial charge in [-0.3, -0.25) is 9.78 Å². The maximum Gasteiger partial charge on any atom is 0.338 e. The molecule has 0 bridgehead atoms. The monoisotopic (exact) mass is 476 g/mol. The van der Waals surface area contributed by atoms with E-state index >= 15 is 0 Å². The minimum absolute atomic E-state index is 0.0865. The third-order valence-electron chi connectivity index (χ3n) is 5.79. The first-order valence-corrected chi connectivity index (χ1v) is 12.2. The van der Waals surface area contributed by atoms with E-state index in [1.54, 1.807) is 6.20 Å². The number of pyridine rings is 1. The van der Waals surface area contributed by atoms with Gasteiger partial charge in [-0.1, -0.05) is 54.6 Å². The number of fused-ring (bicyclic) bond motifs is 1. The van der Waals surface area contributed by atoms with Gasteiger partial charge in [0, 0.05) is 30.6 Å². The second-order valence-electron chi connectivity index (χ2n) is 8.11. The predicted octanol–water partition coefficient (Wildman–Crippen LogP) is 4.28. The number of amidine groups is 1. The number of esters is 1. The molecule has 0 spiro atoms. The lowest BCUT2D eigenvalue weighted by Crippen LogP contribution is -2.38. The maximum absolute atomic E-state index is 12.9. The Morgan fingerprint density at radius 1 is 1.18 bits per heavy atom. The summed E-state index contributed by atoms with van der Waals surface area (Å²) in [5.74, 6) is -0.488. The van der Waals surface area contributed by atoms with E-state index in [0.29, 0.717) is 30.7 Å². The summed E-state index contributed by atoms with van der Waals surface area (Å²) in [7, 11) is 1.39. The number of hydrogen-bond acceptors (Lipinski definition) is 7. The molecule has 2 aliphatic rings. The number of allylic oxidation sites excluding steroid dienone is 1. The minimum atomic E-state index is -0.405. The highest BCUT2D eigenvalue weighted by atomic mass is 32.2. The standard InChI is InChI=1S/C26H28N4O3S/c1-4-21-23(25(32)33-3)24(18-10-8-17(2)9-11-18)30-20(16-34-26(30)29-21)15-22(31)28-14-12-19-7-5-6-13-27-19/h5-11,13,16,24H,4,12,14-15H2,1-3H3,(H,28,31)/t24-/m1/s1. The fourth-order valence-corrected chi connectivity index (χ4v) is 5.02. The topological polar surface area (TPSA) is 83.9 Å². The van der Waals surface area contributed by atoms with Gasteiger partial charge in [-0.2, -0.15) is 0 Å². The van der Waals surface area contributed by atoms with Gasteiger partial charge >= 0.3 is 5.97 Å². The van der Waals surface area contributed by atoms with Crippen molar-refractivity contribution in [1.82, 2.24) is 15.2 Å². The summed E-state index contributed by atoms with van der Waals surface area (Å²) < 4.78 is 5.15. The van der Waals surface area contributed by atoms with Crippen LogP contribution < -0.4 is 5.32 Å². The lowest BCUT2D eigenvalue weighted by molar-refractivity contribution is -0.136. The van der Waals surface area contributed by atoms with Crippen LogP contribution in [-0.4, -0.2) is 40.6 Å². The van der Waals surface area contributed by atoms with E-state index in [1.807, 2.05) is 66.6 Å². The zero-order chi connectivity index (χ0) is 24.1. The Bertz CT molecular complexity index is 1160. The molecule has 7 nitrogen and oxygen atoms in total. The van der Waals surface area contributed by atoms with E-state index in [2.05, 4.69) is 10.3 Å². The molecule has 1 N–H and O–H groups in total. The molecule has 8 heteroatoms. The first-order valence-electron chi connectivity index (χ1n) is 11.3. The van der Waals surface area contributed by atoms with Crippen molar-refractivity contribution in [2.45, 2.75) is 39.2 Å². The fourth-order valence-electron chi connectivity index (χ4n) is 4.08. The van der Waals surface area contributed by atoms with Crippen molar-refractivity contribution in [3.05, 3.63) is 87.9 Å². The van der Waals surface area contributed by atoms with Crippen molar-refractivity contribution in [2.24, 2.45) is 4.99 Å². The molecular weight excluding hydrogens is 448 g/mol. The molecule has 1 aromatic carbocycles. The van der Waals surface area contributed by atoms with Crippen LogP contribution in [0.5, 0.6) is 0 Å². The third kappa shape index (κ3) is 5.07. The summed E-state index contributed by atoms with van der Waals surface area (Å²) in [6, 6.07) is 13.4. The number of nitrogens with one attached hydrogen (secondary N) is 1. The summed E-state index contributed by atoms with van der Waals surface area (Å²) in [5.41, 5.74) is 5.05. The van der Waals surface area contributed by atoms with E-state index in [4.69, 9.17) is 9.73 Å². The molecule has 1 aromatic heterocycles. The first kappa shape index (κ1) is 23.8. The van der Waals surface area contributed by atoms with Crippen LogP contribution >= 0.6 is 11.8 Å². The number of thioether (sulfide) groups is 1. The number of amides is 1. The average Bonchev–Trinajstić information content (AvgIpc) is 3.25. The Hall–Kier alpha value is -3.39. The number of hydrogen-bond donors (Lipinski definition) is 1. The van der Waals surface area contributed by atoms with Crippen LogP contribution in [0.25, 0.3) is 0 Å². The Morgan fingerprint density at radius 2 is 1.97 bits per heavy atom. The summed E-state index contributed by atoms with van der Waals surface area (Å²) in [6.07, 6.45) is 3.20. The number of aromatic nitrogens is 1. The number of nitrogens with zero attached hydrogens (tertiary/aromatic N) is 3. The van der Waals surface area contributed by atoms with Crippen molar-refractivity contribution in [1.29, 1.82) is 0 Å². The fraction of sp³-hybridized carbons (Fsp3) is 0.308. The number of rotatable bonds is 8. The van der Waals surface area contributed by atoms with Crippen LogP contribution in [0, 0.1) is 6.92 Å². The van der Waals surface area contributed by atoms with Crippen molar-refractivity contribution < 1.29 is 14.3 Å². The molecular formula is C26H28N4O3S. The highest BCUT2D eigenvalue weighted by Crippen LogP contribution is 2.45. The number of aryl methyl sites for hydroxylation is 1. The van der Waals surface area contributed by atoms with Crippen molar-refractivity contribution >= 4 is 28.8 Å². The van der Waals surface area contributed by atoms with E-state index in [9.17, 15) is 9.59 Å². The van der Waals surface area contributed by atoms with Gasteiger partial charge in [0.05, 0.1) is 30.8 Å². The molecule has 2 aliphatic heterocycles. The number of aliphatic imine (C=N–C) groups is 1. The first-order chi connectivity index (χ1) is 16.5. The summed E-state index contributed by atoms with van der Waals surface area (Å²) in [5, 5.41) is 5.70. The average molecular weight is 477 g/mol. The van der Waals surface area contributed by atoms with E-state index in [-0.39, 0.29) is 12.3 Å². The lowest BCUT2D eigenvalue weighted by atomic mass is 9.92. The zero-order valence-corrected chi connectivity index (χ0v) is 20.4. The molecule has 3 heterocycles. The van der Waals surface area contributed by atoms with Crippen LogP contribution in [0.1, 0.15) is 42.6 Å². The van der Waals surface area contributed by atoms with Gasteiger partial charge in [0.25, 0.3) is 0 Å². The van der Waals surface area contributed by atoms with E-state index in [0.717, 1.165) is 27.7 Å². The number of carbonyl (C=O) groups is 2. The molecule has 0 saturated heterocycles. The molecule has 0 fully saturated rings. The second-order valence-corrected chi connectivity index (χ2v) is 8.94. The number of methoxy groups -OCH3 is 1. The lowest BCUT2D eigenvalue weighted by Gasteiger charge is -2.36.